The number of rotatable bonds is 5. The second kappa shape index (κ2) is 6.48. The maximum absolute atomic E-state index is 13.6. The normalized spacial score (nSPS) is 12.2. The van der Waals surface area contributed by atoms with E-state index in [0.29, 0.717) is 5.75 Å². The van der Waals surface area contributed by atoms with Gasteiger partial charge in [-0.05, 0) is 49.4 Å². The molecule has 0 aliphatic rings. The molecule has 0 radical (unpaired) electrons. The Morgan fingerprint density at radius 3 is 2.75 bits per heavy atom. The van der Waals surface area contributed by atoms with E-state index in [-0.39, 0.29) is 11.9 Å². The summed E-state index contributed by atoms with van der Waals surface area (Å²) in [4.78, 5) is 4.40. The van der Waals surface area contributed by atoms with Gasteiger partial charge in [-0.2, -0.15) is 0 Å². The number of nitrogens with one attached hydrogen (secondary N) is 1. The highest BCUT2D eigenvalue weighted by Crippen LogP contribution is 2.30. The van der Waals surface area contributed by atoms with Gasteiger partial charge in [0.2, 0.25) is 0 Å². The van der Waals surface area contributed by atoms with Crippen molar-refractivity contribution in [3.8, 4) is 5.75 Å². The third-order valence-electron chi connectivity index (χ3n) is 3.14. The molecular weight excluding hydrogens is 255 g/mol. The number of benzene rings is 1. The number of aryl methyl sites for hydroxylation is 1. The zero-order valence-electron chi connectivity index (χ0n) is 12.0. The second-order valence-corrected chi connectivity index (χ2v) is 4.64. The summed E-state index contributed by atoms with van der Waals surface area (Å²) in [5.74, 6) is 0.372. The number of aromatic nitrogens is 1. The Morgan fingerprint density at radius 1 is 1.30 bits per heavy atom. The molecule has 1 unspecified atom stereocenters. The van der Waals surface area contributed by atoms with Crippen LogP contribution < -0.4 is 10.1 Å². The van der Waals surface area contributed by atoms with Crippen LogP contribution in [0.1, 0.15) is 29.8 Å². The van der Waals surface area contributed by atoms with Gasteiger partial charge in [-0.3, -0.25) is 4.98 Å². The summed E-state index contributed by atoms with van der Waals surface area (Å²) in [7, 11) is 1.59. The minimum atomic E-state index is -0.281. The van der Waals surface area contributed by atoms with Gasteiger partial charge >= 0.3 is 0 Å². The third kappa shape index (κ3) is 3.14. The van der Waals surface area contributed by atoms with Crippen molar-refractivity contribution in [1.82, 2.24) is 10.3 Å². The Balaban J connectivity index is 2.50. The van der Waals surface area contributed by atoms with E-state index >= 15 is 0 Å². The highest BCUT2D eigenvalue weighted by Gasteiger charge is 2.19. The predicted octanol–water partition coefficient (Wildman–Crippen LogP) is 3.24. The predicted molar refractivity (Wildman–Crippen MR) is 77.4 cm³/mol. The van der Waals surface area contributed by atoms with E-state index in [1.807, 2.05) is 26.0 Å². The minimum Gasteiger partial charge on any atom is -0.496 e. The summed E-state index contributed by atoms with van der Waals surface area (Å²) in [5.41, 5.74) is 2.73. The quantitative estimate of drug-likeness (QED) is 0.909. The standard InChI is InChI=1S/C16H19FN2O/c1-4-18-16(14-9-11(2)7-8-19-14)13-10-12(17)5-6-15(13)20-3/h5-10,16,18H,4H2,1-3H3. The van der Waals surface area contributed by atoms with Crippen molar-refractivity contribution in [2.75, 3.05) is 13.7 Å². The molecule has 0 spiro atoms. The van der Waals surface area contributed by atoms with Gasteiger partial charge in [0, 0.05) is 11.8 Å². The average molecular weight is 274 g/mol. The fraction of sp³-hybridized carbons (Fsp3) is 0.312. The molecule has 0 aliphatic heterocycles. The molecule has 1 aromatic carbocycles. The van der Waals surface area contributed by atoms with Crippen molar-refractivity contribution in [1.29, 1.82) is 0 Å². The van der Waals surface area contributed by atoms with E-state index in [1.54, 1.807) is 19.4 Å². The fourth-order valence-corrected chi connectivity index (χ4v) is 2.23. The molecule has 1 N–H and O–H groups in total. The monoisotopic (exact) mass is 274 g/mol. The van der Waals surface area contributed by atoms with Crippen LogP contribution in [-0.4, -0.2) is 18.6 Å². The van der Waals surface area contributed by atoms with E-state index in [0.717, 1.165) is 23.4 Å². The van der Waals surface area contributed by atoms with Crippen LogP contribution in [0.4, 0.5) is 4.39 Å². The fourth-order valence-electron chi connectivity index (χ4n) is 2.23. The van der Waals surface area contributed by atoms with Crippen LogP contribution in [0, 0.1) is 12.7 Å². The number of pyridine rings is 1. The summed E-state index contributed by atoms with van der Waals surface area (Å²) in [5, 5.41) is 3.34. The Labute approximate surface area is 118 Å². The molecule has 0 amide bonds. The molecular formula is C16H19FN2O. The first-order valence-corrected chi connectivity index (χ1v) is 6.65. The first kappa shape index (κ1) is 14.5. The molecule has 1 atom stereocenters. The molecule has 20 heavy (non-hydrogen) atoms. The van der Waals surface area contributed by atoms with Gasteiger partial charge in [0.25, 0.3) is 0 Å². The number of halogens is 1. The first-order valence-electron chi connectivity index (χ1n) is 6.65. The lowest BCUT2D eigenvalue weighted by molar-refractivity contribution is 0.402. The van der Waals surface area contributed by atoms with Crippen molar-refractivity contribution in [2.24, 2.45) is 0 Å². The Bertz CT molecular complexity index is 586. The summed E-state index contributed by atoms with van der Waals surface area (Å²) >= 11 is 0. The summed E-state index contributed by atoms with van der Waals surface area (Å²) < 4.78 is 18.9. The molecule has 4 heteroatoms. The topological polar surface area (TPSA) is 34.2 Å². The number of ether oxygens (including phenoxy) is 1. The van der Waals surface area contributed by atoms with Gasteiger partial charge in [-0.1, -0.05) is 6.92 Å². The van der Waals surface area contributed by atoms with Crippen LogP contribution in [0.25, 0.3) is 0 Å². The molecule has 0 aliphatic carbocycles. The highest BCUT2D eigenvalue weighted by atomic mass is 19.1. The lowest BCUT2D eigenvalue weighted by Gasteiger charge is -2.20. The number of nitrogens with zero attached hydrogens (tertiary/aromatic N) is 1. The van der Waals surface area contributed by atoms with Gasteiger partial charge in [-0.15, -0.1) is 0 Å². The van der Waals surface area contributed by atoms with Crippen LogP contribution in [-0.2, 0) is 0 Å². The van der Waals surface area contributed by atoms with E-state index < -0.39 is 0 Å². The van der Waals surface area contributed by atoms with Gasteiger partial charge in [0.05, 0.1) is 18.8 Å². The van der Waals surface area contributed by atoms with E-state index in [1.165, 1.54) is 12.1 Å². The van der Waals surface area contributed by atoms with Crippen LogP contribution in [0.3, 0.4) is 0 Å². The molecule has 1 aromatic heterocycles. The number of methoxy groups -OCH3 is 1. The SMILES string of the molecule is CCNC(c1cc(C)ccn1)c1cc(F)ccc1OC. The van der Waals surface area contributed by atoms with Crippen LogP contribution in [0.15, 0.2) is 36.5 Å². The second-order valence-electron chi connectivity index (χ2n) is 4.64. The van der Waals surface area contributed by atoms with Crippen molar-refractivity contribution in [2.45, 2.75) is 19.9 Å². The lowest BCUT2D eigenvalue weighted by atomic mass is 10.0. The van der Waals surface area contributed by atoms with Gasteiger partial charge in [-0.25, -0.2) is 4.39 Å². The Hall–Kier alpha value is -1.94. The molecule has 0 fully saturated rings. The Morgan fingerprint density at radius 2 is 2.10 bits per heavy atom. The van der Waals surface area contributed by atoms with Crippen molar-refractivity contribution >= 4 is 0 Å². The maximum Gasteiger partial charge on any atom is 0.124 e. The minimum absolute atomic E-state index is 0.189. The third-order valence-corrected chi connectivity index (χ3v) is 3.14. The first-order chi connectivity index (χ1) is 9.65. The maximum atomic E-state index is 13.6. The molecule has 0 saturated carbocycles. The molecule has 0 bridgehead atoms. The molecule has 2 aromatic rings. The van der Waals surface area contributed by atoms with Crippen molar-refractivity contribution < 1.29 is 9.13 Å². The van der Waals surface area contributed by atoms with Gasteiger partial charge < -0.3 is 10.1 Å². The van der Waals surface area contributed by atoms with Crippen LogP contribution in [0.5, 0.6) is 5.75 Å². The van der Waals surface area contributed by atoms with Crippen LogP contribution >= 0.6 is 0 Å². The van der Waals surface area contributed by atoms with E-state index in [2.05, 4.69) is 10.3 Å². The van der Waals surface area contributed by atoms with Gasteiger partial charge in [0.15, 0.2) is 0 Å². The molecule has 3 nitrogen and oxygen atoms in total. The molecule has 106 valence electrons. The number of hydrogen-bond acceptors (Lipinski definition) is 3. The smallest absolute Gasteiger partial charge is 0.124 e. The summed E-state index contributed by atoms with van der Waals surface area (Å²) in [6.45, 7) is 4.77. The van der Waals surface area contributed by atoms with Crippen LogP contribution in [0.2, 0.25) is 0 Å². The van der Waals surface area contributed by atoms with E-state index in [4.69, 9.17) is 4.74 Å². The zero-order chi connectivity index (χ0) is 14.5. The average Bonchev–Trinajstić information content (AvgIpc) is 2.44. The van der Waals surface area contributed by atoms with Crippen molar-refractivity contribution in [3.05, 3.63) is 59.2 Å². The Kier molecular flexibility index (Phi) is 4.69. The summed E-state index contributed by atoms with van der Waals surface area (Å²) in [6.07, 6.45) is 1.76. The number of hydrogen-bond donors (Lipinski definition) is 1. The lowest BCUT2D eigenvalue weighted by Crippen LogP contribution is -2.23. The largest absolute Gasteiger partial charge is 0.496 e. The molecule has 0 saturated heterocycles. The van der Waals surface area contributed by atoms with Gasteiger partial charge in [0.1, 0.15) is 11.6 Å². The molecule has 2 rings (SSSR count). The molecule has 1 heterocycles. The van der Waals surface area contributed by atoms with Crippen molar-refractivity contribution in [3.63, 3.8) is 0 Å². The van der Waals surface area contributed by atoms with E-state index in [9.17, 15) is 4.39 Å². The zero-order valence-corrected chi connectivity index (χ0v) is 12.0. The summed E-state index contributed by atoms with van der Waals surface area (Å²) in [6, 6.07) is 8.29. The highest BCUT2D eigenvalue weighted by molar-refractivity contribution is 5.40.